The van der Waals surface area contributed by atoms with Gasteiger partial charge in [-0.15, -0.1) is 3.63 Å². The van der Waals surface area contributed by atoms with Crippen molar-refractivity contribution in [3.63, 3.8) is 0 Å². The highest BCUT2D eigenvalue weighted by Gasteiger charge is 2.50. The van der Waals surface area contributed by atoms with Crippen LogP contribution in [0.4, 0.5) is 8.78 Å². The summed E-state index contributed by atoms with van der Waals surface area (Å²) in [6.45, 7) is 0. The summed E-state index contributed by atoms with van der Waals surface area (Å²) < 4.78 is 71.5. The van der Waals surface area contributed by atoms with Gasteiger partial charge in [-0.3, -0.25) is 0 Å². The first-order valence-corrected chi connectivity index (χ1v) is 5.30. The van der Waals surface area contributed by atoms with Gasteiger partial charge in [0.05, 0.1) is 0 Å². The van der Waals surface area contributed by atoms with E-state index in [0.29, 0.717) is 0 Å². The average Bonchev–Trinajstić information content (AvgIpc) is 1.44. The summed E-state index contributed by atoms with van der Waals surface area (Å²) in [7, 11) is -9.90. The molecule has 72 valence electrons. The van der Waals surface area contributed by atoms with Crippen LogP contribution < -0.4 is 0 Å². The van der Waals surface area contributed by atoms with E-state index >= 15 is 0 Å². The van der Waals surface area contributed by atoms with Crippen LogP contribution in [0.3, 0.4) is 0 Å². The quantitative estimate of drug-likeness (QED) is 0.535. The summed E-state index contributed by atoms with van der Waals surface area (Å²) >= 11 is 0. The van der Waals surface area contributed by atoms with E-state index in [2.05, 4.69) is 7.81 Å². The number of halogens is 2. The highest BCUT2D eigenvalue weighted by molar-refractivity contribution is 7.98. The first-order valence-electron chi connectivity index (χ1n) is 2.39. The van der Waals surface area contributed by atoms with E-state index in [9.17, 15) is 25.6 Å². The molecule has 0 radical (unpaired) electrons. The monoisotopic (exact) mass is 224 g/mol. The van der Waals surface area contributed by atoms with Gasteiger partial charge in [0.2, 0.25) is 0 Å². The molecule has 0 N–H and O–H groups in total. The van der Waals surface area contributed by atoms with Crippen molar-refractivity contribution in [1.29, 1.82) is 0 Å². The zero-order chi connectivity index (χ0) is 9.62. The zero-order valence-corrected chi connectivity index (χ0v) is 6.86. The fourth-order valence-electron chi connectivity index (χ4n) is 0.544. The molecule has 0 aromatic heterocycles. The van der Waals surface area contributed by atoms with Crippen molar-refractivity contribution in [1.82, 2.24) is 0 Å². The van der Waals surface area contributed by atoms with Crippen molar-refractivity contribution in [2.75, 3.05) is 5.75 Å². The Morgan fingerprint density at radius 1 is 1.17 bits per heavy atom. The predicted molar refractivity (Wildman–Crippen MR) is 29.8 cm³/mol. The molecule has 1 heterocycles. The minimum Gasteiger partial charge on any atom is -0.198 e. The van der Waals surface area contributed by atoms with Gasteiger partial charge in [-0.25, -0.2) is 0 Å². The normalized spacial score (nSPS) is 31.2. The van der Waals surface area contributed by atoms with Crippen LogP contribution >= 0.6 is 0 Å². The van der Waals surface area contributed by atoms with Crippen molar-refractivity contribution in [3.05, 3.63) is 0 Å². The molecule has 1 saturated heterocycles. The van der Waals surface area contributed by atoms with Gasteiger partial charge in [-0.05, 0) is 0 Å². The lowest BCUT2D eigenvalue weighted by Crippen LogP contribution is -2.41. The van der Waals surface area contributed by atoms with Gasteiger partial charge in [0.25, 0.3) is 10.1 Å². The molecule has 0 aromatic carbocycles. The van der Waals surface area contributed by atoms with E-state index in [1.54, 1.807) is 0 Å². The van der Waals surface area contributed by atoms with Gasteiger partial charge < -0.3 is 0 Å². The molecular weight excluding hydrogens is 222 g/mol. The lowest BCUT2D eigenvalue weighted by Gasteiger charge is -2.19. The van der Waals surface area contributed by atoms with Crippen molar-refractivity contribution >= 4 is 20.5 Å². The number of alkyl halides is 2. The van der Waals surface area contributed by atoms with Crippen LogP contribution in [0.15, 0.2) is 0 Å². The highest BCUT2D eigenvalue weighted by Crippen LogP contribution is 2.28. The molecule has 1 aliphatic heterocycles. The van der Waals surface area contributed by atoms with Gasteiger partial charge in [0, 0.05) is 0 Å². The van der Waals surface area contributed by atoms with Crippen molar-refractivity contribution in [2.24, 2.45) is 0 Å². The molecule has 1 rings (SSSR count). The molecule has 0 unspecified atom stereocenters. The summed E-state index contributed by atoms with van der Waals surface area (Å²) in [5.41, 5.74) is 0. The van der Waals surface area contributed by atoms with Gasteiger partial charge in [-0.1, -0.05) is 0 Å². The first-order chi connectivity index (χ1) is 5.12. The second-order valence-electron chi connectivity index (χ2n) is 1.90. The van der Waals surface area contributed by atoms with E-state index in [4.69, 9.17) is 0 Å². The predicted octanol–water partition coefficient (Wildman–Crippen LogP) is -0.799. The van der Waals surface area contributed by atoms with Crippen LogP contribution in [-0.2, 0) is 28.3 Å². The summed E-state index contributed by atoms with van der Waals surface area (Å²) in [4.78, 5) is 0. The smallest absolute Gasteiger partial charge is 0.198 e. The third-order valence-electron chi connectivity index (χ3n) is 0.756. The maximum Gasteiger partial charge on any atom is 0.419 e. The molecule has 0 spiro atoms. The largest absolute Gasteiger partial charge is 0.419 e. The number of hydrogen-bond acceptors (Lipinski definition) is 6. The highest BCUT2D eigenvalue weighted by atomic mass is 32.3. The third kappa shape index (κ3) is 2.33. The fourth-order valence-corrected chi connectivity index (χ4v) is 2.77. The SMILES string of the molecule is O=S1(=O)CC(F)(F)OS(=O)(=O)O1. The minimum absolute atomic E-state index is 1.81. The van der Waals surface area contributed by atoms with Crippen LogP contribution in [0, 0.1) is 0 Å². The second-order valence-corrected chi connectivity index (χ2v) is 4.83. The van der Waals surface area contributed by atoms with Crippen LogP contribution in [0.25, 0.3) is 0 Å². The van der Waals surface area contributed by atoms with Gasteiger partial charge in [0.15, 0.2) is 5.75 Å². The van der Waals surface area contributed by atoms with E-state index < -0.39 is 32.4 Å². The number of hydrogen-bond donors (Lipinski definition) is 0. The fraction of sp³-hybridized carbons (Fsp3) is 1.00. The summed E-state index contributed by atoms with van der Waals surface area (Å²) in [5, 5.41) is 0. The Morgan fingerprint density at radius 3 is 2.00 bits per heavy atom. The van der Waals surface area contributed by atoms with Gasteiger partial charge in [0.1, 0.15) is 0 Å². The minimum atomic E-state index is -5.14. The summed E-state index contributed by atoms with van der Waals surface area (Å²) in [5.74, 6) is -1.81. The molecule has 0 aromatic rings. The van der Waals surface area contributed by atoms with E-state index in [1.165, 1.54) is 0 Å². The lowest BCUT2D eigenvalue weighted by molar-refractivity contribution is -0.160. The Balaban J connectivity index is 3.14. The molecule has 6 nitrogen and oxygen atoms in total. The molecule has 1 aliphatic rings. The summed E-state index contributed by atoms with van der Waals surface area (Å²) in [6.07, 6.45) is -4.25. The average molecular weight is 224 g/mol. The maximum atomic E-state index is 12.1. The van der Waals surface area contributed by atoms with Crippen LogP contribution in [0.2, 0.25) is 0 Å². The van der Waals surface area contributed by atoms with Gasteiger partial charge in [-0.2, -0.15) is 29.8 Å². The zero-order valence-electron chi connectivity index (χ0n) is 5.23. The Labute approximate surface area is 66.5 Å². The Bertz CT molecular complexity index is 342. The van der Waals surface area contributed by atoms with Crippen LogP contribution in [0.5, 0.6) is 0 Å². The van der Waals surface area contributed by atoms with Crippen LogP contribution in [-0.4, -0.2) is 28.7 Å². The first kappa shape index (κ1) is 9.77. The van der Waals surface area contributed by atoms with Gasteiger partial charge >= 0.3 is 16.5 Å². The maximum absolute atomic E-state index is 12.1. The lowest BCUT2D eigenvalue weighted by atomic mass is 10.8. The Morgan fingerprint density at radius 2 is 1.67 bits per heavy atom. The van der Waals surface area contributed by atoms with E-state index in [-0.39, 0.29) is 0 Å². The second kappa shape index (κ2) is 2.34. The third-order valence-corrected chi connectivity index (χ3v) is 3.39. The molecule has 10 heteroatoms. The molecular formula is C2H2F2O6S2. The van der Waals surface area contributed by atoms with E-state index in [1.807, 2.05) is 0 Å². The number of rotatable bonds is 0. The van der Waals surface area contributed by atoms with Crippen molar-refractivity contribution in [3.8, 4) is 0 Å². The van der Waals surface area contributed by atoms with Crippen molar-refractivity contribution in [2.45, 2.75) is 6.11 Å². The van der Waals surface area contributed by atoms with Crippen LogP contribution in [0.1, 0.15) is 0 Å². The summed E-state index contributed by atoms with van der Waals surface area (Å²) in [6, 6.07) is 0. The standard InChI is InChI=1S/C2H2F2O6S2/c3-2(4)1-11(5,6)10-12(7,8)9-2/h1H2. The van der Waals surface area contributed by atoms with Crippen molar-refractivity contribution < 1.29 is 33.4 Å². The molecule has 0 aliphatic carbocycles. The molecule has 0 bridgehead atoms. The molecule has 12 heavy (non-hydrogen) atoms. The Kier molecular flexibility index (Phi) is 1.90. The molecule has 0 amide bonds. The topological polar surface area (TPSA) is 86.7 Å². The molecule has 1 fully saturated rings. The Hall–Kier alpha value is -0.320. The molecule has 0 atom stereocenters. The molecule has 0 saturated carbocycles. The van der Waals surface area contributed by atoms with E-state index in [0.717, 1.165) is 0 Å².